The zero-order chi connectivity index (χ0) is 16.1. The van der Waals surface area contributed by atoms with Crippen molar-refractivity contribution in [2.24, 2.45) is 0 Å². The van der Waals surface area contributed by atoms with E-state index < -0.39 is 0 Å². The minimum absolute atomic E-state index is 0.689. The molecule has 116 valence electrons. The summed E-state index contributed by atoms with van der Waals surface area (Å²) in [6.45, 7) is 0.689. The van der Waals surface area contributed by atoms with Crippen LogP contribution in [0.5, 0.6) is 5.75 Å². The van der Waals surface area contributed by atoms with E-state index in [0.717, 1.165) is 28.3 Å². The van der Waals surface area contributed by atoms with E-state index in [1.807, 2.05) is 54.6 Å². The van der Waals surface area contributed by atoms with E-state index in [1.54, 1.807) is 13.3 Å². The third-order valence-corrected chi connectivity index (χ3v) is 3.77. The molecule has 1 aromatic heterocycles. The summed E-state index contributed by atoms with van der Waals surface area (Å²) < 4.78 is 5.48. The Kier molecular flexibility index (Phi) is 4.79. The second-order valence-corrected chi connectivity index (χ2v) is 5.55. The average molecular weight is 325 g/mol. The van der Waals surface area contributed by atoms with E-state index in [4.69, 9.17) is 16.3 Å². The van der Waals surface area contributed by atoms with Gasteiger partial charge in [-0.3, -0.25) is 0 Å². The van der Waals surface area contributed by atoms with E-state index in [1.165, 1.54) is 0 Å². The van der Waals surface area contributed by atoms with Crippen LogP contribution in [0.3, 0.4) is 0 Å². The lowest BCUT2D eigenvalue weighted by Crippen LogP contribution is -2.01. The standard InChI is InChI=1S/C19H17ClN2O/c1-23-18-9-8-14(13-22-19-7-2-3-10-21-19)11-17(18)15-5-4-6-16(20)12-15/h2-12H,13H2,1H3,(H,21,22). The van der Waals surface area contributed by atoms with E-state index in [-0.39, 0.29) is 0 Å². The molecule has 0 aliphatic heterocycles. The zero-order valence-electron chi connectivity index (χ0n) is 12.8. The highest BCUT2D eigenvalue weighted by Crippen LogP contribution is 2.32. The monoisotopic (exact) mass is 324 g/mol. The molecule has 0 atom stereocenters. The maximum atomic E-state index is 6.11. The molecule has 0 aliphatic rings. The van der Waals surface area contributed by atoms with Crippen molar-refractivity contribution in [2.45, 2.75) is 6.54 Å². The molecule has 2 aromatic carbocycles. The number of ether oxygens (including phenoxy) is 1. The van der Waals surface area contributed by atoms with Crippen molar-refractivity contribution in [1.29, 1.82) is 0 Å². The summed E-state index contributed by atoms with van der Waals surface area (Å²) in [6, 6.07) is 19.7. The lowest BCUT2D eigenvalue weighted by atomic mass is 10.0. The van der Waals surface area contributed by atoms with Crippen LogP contribution in [0.4, 0.5) is 5.82 Å². The molecular weight excluding hydrogens is 308 g/mol. The first-order chi connectivity index (χ1) is 11.3. The smallest absolute Gasteiger partial charge is 0.126 e. The second kappa shape index (κ2) is 7.16. The van der Waals surface area contributed by atoms with Gasteiger partial charge < -0.3 is 10.1 Å². The number of anilines is 1. The summed E-state index contributed by atoms with van der Waals surface area (Å²) in [7, 11) is 1.68. The van der Waals surface area contributed by atoms with E-state index in [2.05, 4.69) is 16.4 Å². The van der Waals surface area contributed by atoms with Crippen LogP contribution in [-0.4, -0.2) is 12.1 Å². The lowest BCUT2D eigenvalue weighted by molar-refractivity contribution is 0.416. The second-order valence-electron chi connectivity index (χ2n) is 5.11. The van der Waals surface area contributed by atoms with Gasteiger partial charge in [0.05, 0.1) is 7.11 Å². The summed E-state index contributed by atoms with van der Waals surface area (Å²) in [5, 5.41) is 4.02. The fraction of sp³-hybridized carbons (Fsp3) is 0.105. The Balaban J connectivity index is 1.87. The molecule has 3 aromatic rings. The molecule has 0 spiro atoms. The van der Waals surface area contributed by atoms with Crippen LogP contribution in [0.2, 0.25) is 5.02 Å². The number of methoxy groups -OCH3 is 1. The molecule has 0 fully saturated rings. The molecule has 23 heavy (non-hydrogen) atoms. The Morgan fingerprint density at radius 2 is 1.96 bits per heavy atom. The number of halogens is 1. The summed E-state index contributed by atoms with van der Waals surface area (Å²) in [6.07, 6.45) is 1.77. The highest BCUT2D eigenvalue weighted by Gasteiger charge is 2.08. The SMILES string of the molecule is COc1ccc(CNc2ccccn2)cc1-c1cccc(Cl)c1. The molecule has 0 saturated carbocycles. The first-order valence-electron chi connectivity index (χ1n) is 7.34. The minimum atomic E-state index is 0.689. The van der Waals surface area contributed by atoms with Crippen molar-refractivity contribution in [3.63, 3.8) is 0 Å². The van der Waals surface area contributed by atoms with Crippen LogP contribution in [-0.2, 0) is 6.54 Å². The van der Waals surface area contributed by atoms with Crippen molar-refractivity contribution in [3.8, 4) is 16.9 Å². The molecule has 0 bridgehead atoms. The third-order valence-electron chi connectivity index (χ3n) is 3.54. The van der Waals surface area contributed by atoms with Crippen molar-refractivity contribution in [1.82, 2.24) is 4.98 Å². The number of pyridine rings is 1. The van der Waals surface area contributed by atoms with Gasteiger partial charge in [0, 0.05) is 23.3 Å². The predicted molar refractivity (Wildman–Crippen MR) is 95.0 cm³/mol. The van der Waals surface area contributed by atoms with Crippen LogP contribution in [0, 0.1) is 0 Å². The van der Waals surface area contributed by atoms with Gasteiger partial charge in [0.2, 0.25) is 0 Å². The van der Waals surface area contributed by atoms with Crippen molar-refractivity contribution < 1.29 is 4.74 Å². The fourth-order valence-corrected chi connectivity index (χ4v) is 2.60. The van der Waals surface area contributed by atoms with Gasteiger partial charge in [-0.25, -0.2) is 4.98 Å². The van der Waals surface area contributed by atoms with Gasteiger partial charge in [-0.1, -0.05) is 35.9 Å². The van der Waals surface area contributed by atoms with Crippen LogP contribution < -0.4 is 10.1 Å². The molecule has 0 radical (unpaired) electrons. The Labute approximate surface area is 140 Å². The van der Waals surface area contributed by atoms with Gasteiger partial charge in [-0.2, -0.15) is 0 Å². The third kappa shape index (κ3) is 3.82. The molecule has 1 N–H and O–H groups in total. The number of nitrogens with one attached hydrogen (secondary N) is 1. The van der Waals surface area contributed by atoms with Crippen molar-refractivity contribution in [3.05, 3.63) is 77.4 Å². The highest BCUT2D eigenvalue weighted by atomic mass is 35.5. The van der Waals surface area contributed by atoms with Gasteiger partial charge in [0.25, 0.3) is 0 Å². The molecule has 0 amide bonds. The zero-order valence-corrected chi connectivity index (χ0v) is 13.5. The Morgan fingerprint density at radius 3 is 2.70 bits per heavy atom. The van der Waals surface area contributed by atoms with Crippen molar-refractivity contribution in [2.75, 3.05) is 12.4 Å². The molecule has 3 rings (SSSR count). The molecule has 1 heterocycles. The summed E-state index contributed by atoms with van der Waals surface area (Å²) in [5.41, 5.74) is 3.20. The summed E-state index contributed by atoms with van der Waals surface area (Å²) in [4.78, 5) is 4.27. The number of hydrogen-bond acceptors (Lipinski definition) is 3. The largest absolute Gasteiger partial charge is 0.496 e. The normalized spacial score (nSPS) is 10.3. The lowest BCUT2D eigenvalue weighted by Gasteiger charge is -2.12. The predicted octanol–water partition coefficient (Wildman–Crippen LogP) is 5.02. The van der Waals surface area contributed by atoms with Gasteiger partial charge >= 0.3 is 0 Å². The first kappa shape index (κ1) is 15.4. The summed E-state index contributed by atoms with van der Waals surface area (Å²) >= 11 is 6.11. The average Bonchev–Trinajstić information content (AvgIpc) is 2.60. The number of nitrogens with zero attached hydrogens (tertiary/aromatic N) is 1. The van der Waals surface area contributed by atoms with Gasteiger partial charge in [0.1, 0.15) is 11.6 Å². The van der Waals surface area contributed by atoms with E-state index in [9.17, 15) is 0 Å². The van der Waals surface area contributed by atoms with Crippen molar-refractivity contribution >= 4 is 17.4 Å². The first-order valence-corrected chi connectivity index (χ1v) is 7.72. The van der Waals surface area contributed by atoms with Gasteiger partial charge in [-0.05, 0) is 47.5 Å². The maximum Gasteiger partial charge on any atom is 0.126 e. The number of aromatic nitrogens is 1. The van der Waals surface area contributed by atoms with Crippen LogP contribution in [0.1, 0.15) is 5.56 Å². The molecule has 0 saturated heterocycles. The Bertz CT molecular complexity index is 790. The number of rotatable bonds is 5. The quantitative estimate of drug-likeness (QED) is 0.715. The summed E-state index contributed by atoms with van der Waals surface area (Å²) in [5.74, 6) is 1.68. The Hall–Kier alpha value is -2.52. The highest BCUT2D eigenvalue weighted by molar-refractivity contribution is 6.30. The topological polar surface area (TPSA) is 34.1 Å². The van der Waals surface area contributed by atoms with E-state index >= 15 is 0 Å². The van der Waals surface area contributed by atoms with Crippen LogP contribution in [0.15, 0.2) is 66.9 Å². The van der Waals surface area contributed by atoms with E-state index in [0.29, 0.717) is 11.6 Å². The van der Waals surface area contributed by atoms with Gasteiger partial charge in [-0.15, -0.1) is 0 Å². The van der Waals surface area contributed by atoms with Gasteiger partial charge in [0.15, 0.2) is 0 Å². The molecule has 0 aliphatic carbocycles. The van der Waals surface area contributed by atoms with Crippen LogP contribution >= 0.6 is 11.6 Å². The maximum absolute atomic E-state index is 6.11. The molecular formula is C19H17ClN2O. The number of benzene rings is 2. The molecule has 0 unspecified atom stereocenters. The van der Waals surface area contributed by atoms with Crippen LogP contribution in [0.25, 0.3) is 11.1 Å². The Morgan fingerprint density at radius 1 is 1.04 bits per heavy atom. The fourth-order valence-electron chi connectivity index (χ4n) is 2.41. The number of hydrogen-bond donors (Lipinski definition) is 1. The molecule has 3 nitrogen and oxygen atoms in total. The molecule has 4 heteroatoms. The minimum Gasteiger partial charge on any atom is -0.496 e.